The second-order valence-electron chi connectivity index (χ2n) is 9.45. The highest BCUT2D eigenvalue weighted by molar-refractivity contribution is 6.19. The lowest BCUT2D eigenvalue weighted by Crippen LogP contribution is -2.77. The van der Waals surface area contributed by atoms with E-state index in [4.69, 9.17) is 4.99 Å². The molecule has 6 heteroatoms. The molecule has 0 saturated carbocycles. The molecule has 0 spiro atoms. The minimum Gasteiger partial charge on any atom is -0.258 e. The third-order valence-corrected chi connectivity index (χ3v) is 6.98. The molecule has 6 rings (SSSR count). The minimum absolute atomic E-state index is 0.0273. The van der Waals surface area contributed by atoms with Crippen LogP contribution in [-0.4, -0.2) is 10.8 Å². The van der Waals surface area contributed by atoms with Crippen molar-refractivity contribution < 1.29 is 4.92 Å². The van der Waals surface area contributed by atoms with Gasteiger partial charge in [-0.15, -0.1) is 0 Å². The van der Waals surface area contributed by atoms with Crippen molar-refractivity contribution in [1.82, 2.24) is 0 Å². The molecule has 1 aliphatic rings. The molecule has 5 aromatic carbocycles. The number of aryl methyl sites for hydroxylation is 1. The number of hydrogen-bond donors (Lipinski definition) is 0. The summed E-state index contributed by atoms with van der Waals surface area (Å²) >= 11 is 0. The largest absolute Gasteiger partial charge is 0.271 e. The first-order chi connectivity index (χ1) is 19.1. The number of para-hydroxylation sites is 1. The van der Waals surface area contributed by atoms with Crippen LogP contribution in [0.5, 0.6) is 0 Å². The van der Waals surface area contributed by atoms with Gasteiger partial charge < -0.3 is 0 Å². The van der Waals surface area contributed by atoms with E-state index >= 15 is 0 Å². The van der Waals surface area contributed by atoms with Crippen molar-refractivity contribution in [1.29, 1.82) is 0 Å². The van der Waals surface area contributed by atoms with E-state index in [-0.39, 0.29) is 10.6 Å². The van der Waals surface area contributed by atoms with Crippen LogP contribution in [-0.2, 0) is 5.54 Å². The number of rotatable bonds is 6. The summed E-state index contributed by atoms with van der Waals surface area (Å²) in [5.41, 5.74) is 4.73. The number of nitro benzene ring substituents is 1. The lowest BCUT2D eigenvalue weighted by molar-refractivity contribution is -0.384. The number of nitro groups is 1. The molecular formula is C33H26N4O2. The van der Waals surface area contributed by atoms with Gasteiger partial charge >= 0.3 is 0 Å². The normalized spacial score (nSPS) is 15.2. The fourth-order valence-electron chi connectivity index (χ4n) is 5.20. The molecule has 39 heavy (non-hydrogen) atoms. The van der Waals surface area contributed by atoms with Crippen molar-refractivity contribution in [3.8, 4) is 0 Å². The van der Waals surface area contributed by atoms with E-state index in [1.54, 1.807) is 12.1 Å². The summed E-state index contributed by atoms with van der Waals surface area (Å²) in [7, 11) is 0. The molecule has 0 unspecified atom stereocenters. The Morgan fingerprint density at radius 2 is 1.21 bits per heavy atom. The highest BCUT2D eigenvalue weighted by Gasteiger charge is 2.60. The summed E-state index contributed by atoms with van der Waals surface area (Å²) in [6.45, 7) is 2.05. The maximum atomic E-state index is 11.8. The van der Waals surface area contributed by atoms with Gasteiger partial charge in [-0.2, -0.15) is 0 Å². The van der Waals surface area contributed by atoms with Crippen molar-refractivity contribution in [3.63, 3.8) is 0 Å². The van der Waals surface area contributed by atoms with Crippen LogP contribution in [0, 0.1) is 17.0 Å². The predicted octanol–water partition coefficient (Wildman–Crippen LogP) is 7.82. The summed E-state index contributed by atoms with van der Waals surface area (Å²) < 4.78 is 0. The number of nitrogens with zero attached hydrogens (tertiary/aromatic N) is 4. The van der Waals surface area contributed by atoms with Gasteiger partial charge in [-0.1, -0.05) is 103 Å². The molecule has 5 aromatic rings. The van der Waals surface area contributed by atoms with Crippen molar-refractivity contribution >= 4 is 28.6 Å². The Labute approximate surface area is 227 Å². The zero-order valence-corrected chi connectivity index (χ0v) is 21.4. The highest BCUT2D eigenvalue weighted by atomic mass is 16.6. The van der Waals surface area contributed by atoms with Crippen LogP contribution in [0.4, 0.5) is 22.7 Å². The van der Waals surface area contributed by atoms with E-state index in [1.165, 1.54) is 6.07 Å². The summed E-state index contributed by atoms with van der Waals surface area (Å²) in [6.07, 6.45) is 0. The van der Waals surface area contributed by atoms with Gasteiger partial charge in [0.15, 0.2) is 11.4 Å². The summed E-state index contributed by atoms with van der Waals surface area (Å²) in [6, 6.07) is 45.3. The Morgan fingerprint density at radius 3 is 1.77 bits per heavy atom. The van der Waals surface area contributed by atoms with Gasteiger partial charge in [-0.3, -0.25) is 15.1 Å². The number of aliphatic imine (C=N–C) groups is 1. The molecule has 0 amide bonds. The fourth-order valence-corrected chi connectivity index (χ4v) is 5.20. The predicted molar refractivity (Wildman–Crippen MR) is 156 cm³/mol. The van der Waals surface area contributed by atoms with Crippen LogP contribution in [0.2, 0.25) is 0 Å². The monoisotopic (exact) mass is 510 g/mol. The van der Waals surface area contributed by atoms with Gasteiger partial charge in [-0.25, -0.2) is 10.0 Å². The maximum absolute atomic E-state index is 11.8. The topological polar surface area (TPSA) is 62.0 Å². The average Bonchev–Trinajstić information content (AvgIpc) is 2.98. The number of benzene rings is 5. The van der Waals surface area contributed by atoms with Gasteiger partial charge in [0.25, 0.3) is 5.69 Å². The van der Waals surface area contributed by atoms with Crippen molar-refractivity contribution in [3.05, 3.63) is 166 Å². The number of hydrogen-bond acceptors (Lipinski definition) is 4. The third-order valence-electron chi connectivity index (χ3n) is 6.98. The van der Waals surface area contributed by atoms with Crippen LogP contribution in [0.25, 0.3) is 0 Å². The first-order valence-electron chi connectivity index (χ1n) is 12.8. The lowest BCUT2D eigenvalue weighted by Gasteiger charge is -2.62. The minimum atomic E-state index is -0.863. The number of amidine groups is 1. The van der Waals surface area contributed by atoms with Crippen LogP contribution in [0.1, 0.15) is 16.7 Å². The van der Waals surface area contributed by atoms with Gasteiger partial charge in [0.2, 0.25) is 0 Å². The fraction of sp³-hybridized carbons (Fsp3) is 0.0606. The molecule has 0 aliphatic carbocycles. The maximum Gasteiger partial charge on any atom is 0.271 e. The zero-order valence-electron chi connectivity index (χ0n) is 21.4. The summed E-state index contributed by atoms with van der Waals surface area (Å²) in [5.74, 6) is 0.793. The molecule has 190 valence electrons. The molecule has 1 aliphatic heterocycles. The zero-order chi connectivity index (χ0) is 26.8. The first-order valence-corrected chi connectivity index (χ1v) is 12.8. The molecule has 0 N–H and O–H groups in total. The van der Waals surface area contributed by atoms with Gasteiger partial charge in [0.1, 0.15) is 0 Å². The second-order valence-corrected chi connectivity index (χ2v) is 9.45. The lowest BCUT2D eigenvalue weighted by atomic mass is 9.76. The van der Waals surface area contributed by atoms with Crippen molar-refractivity contribution in [2.45, 2.75) is 12.5 Å². The van der Waals surface area contributed by atoms with Crippen LogP contribution < -0.4 is 10.0 Å². The van der Waals surface area contributed by atoms with Crippen LogP contribution in [0.15, 0.2) is 145 Å². The van der Waals surface area contributed by atoms with Crippen LogP contribution >= 0.6 is 0 Å². The Bertz CT molecular complexity index is 1600. The van der Waals surface area contributed by atoms with E-state index in [2.05, 4.69) is 53.3 Å². The van der Waals surface area contributed by atoms with Gasteiger partial charge in [0.05, 0.1) is 22.0 Å². The van der Waals surface area contributed by atoms with E-state index in [9.17, 15) is 10.1 Å². The van der Waals surface area contributed by atoms with Crippen LogP contribution in [0.3, 0.4) is 0 Å². The van der Waals surface area contributed by atoms with Crippen molar-refractivity contribution in [2.24, 2.45) is 4.99 Å². The summed E-state index contributed by atoms with van der Waals surface area (Å²) in [4.78, 5) is 16.7. The smallest absolute Gasteiger partial charge is 0.258 e. The quantitative estimate of drug-likeness (QED) is 0.173. The van der Waals surface area contributed by atoms with Gasteiger partial charge in [-0.05, 0) is 48.4 Å². The first kappa shape index (κ1) is 24.1. The molecule has 0 atom stereocenters. The number of hydrazine groups is 1. The Kier molecular flexibility index (Phi) is 6.13. The van der Waals surface area contributed by atoms with E-state index in [0.717, 1.165) is 33.9 Å². The Balaban J connectivity index is 1.70. The second kappa shape index (κ2) is 9.91. The standard InChI is InChI=1S/C33H26N4O2/c1-25-20-22-28(23-21-25)34-32-33(26-12-5-2-6-13-26,27-14-7-3-8-15-27)36(35(32)29-16-9-4-10-17-29)30-18-11-19-31(24-30)37(38)39/h2-24H,1H3. The number of anilines is 2. The van der Waals surface area contributed by atoms with E-state index < -0.39 is 5.54 Å². The molecule has 0 radical (unpaired) electrons. The molecule has 1 heterocycles. The van der Waals surface area contributed by atoms with Crippen molar-refractivity contribution in [2.75, 3.05) is 10.0 Å². The Hall–Kier alpha value is -5.23. The molecule has 1 fully saturated rings. The van der Waals surface area contributed by atoms with E-state index in [0.29, 0.717) is 5.69 Å². The third kappa shape index (κ3) is 4.12. The Morgan fingerprint density at radius 1 is 0.667 bits per heavy atom. The van der Waals surface area contributed by atoms with Gasteiger partial charge in [0, 0.05) is 12.1 Å². The molecule has 1 saturated heterocycles. The molecule has 6 nitrogen and oxygen atoms in total. The molecule has 0 bridgehead atoms. The summed E-state index contributed by atoms with van der Waals surface area (Å²) in [5, 5.41) is 16.0. The highest BCUT2D eigenvalue weighted by Crippen LogP contribution is 2.52. The SMILES string of the molecule is Cc1ccc(N=C2N(c3ccccc3)N(c3cccc([N+](=O)[O-])c3)C2(c2ccccc2)c2ccccc2)cc1. The van der Waals surface area contributed by atoms with E-state index in [1.807, 2.05) is 84.9 Å². The number of non-ortho nitro benzene ring substituents is 1. The molecule has 0 aromatic heterocycles. The average molecular weight is 511 g/mol. The molecular weight excluding hydrogens is 484 g/mol.